The van der Waals surface area contributed by atoms with Crippen LogP contribution in [0.15, 0.2) is 12.2 Å². The van der Waals surface area contributed by atoms with E-state index in [9.17, 15) is 50.3 Å². The maximum Gasteiger partial charge on any atom is 0.393 e. The second-order valence-corrected chi connectivity index (χ2v) is 33.4. The van der Waals surface area contributed by atoms with Crippen LogP contribution in [0.25, 0.3) is 0 Å². The molecule has 0 aromatic heterocycles. The summed E-state index contributed by atoms with van der Waals surface area (Å²) in [5, 5.41) is 7.38. The van der Waals surface area contributed by atoms with Crippen LogP contribution in [0, 0.1) is 40.9 Å². The van der Waals surface area contributed by atoms with Gasteiger partial charge >= 0.3 is 12.4 Å². The Morgan fingerprint density at radius 2 is 1.30 bits per heavy atom. The van der Waals surface area contributed by atoms with Crippen molar-refractivity contribution in [3.8, 4) is 0 Å². The fraction of sp³-hybridized carbons (Fsp3) is 0.816. The van der Waals surface area contributed by atoms with Crippen molar-refractivity contribution in [1.29, 1.82) is 0 Å². The predicted octanol–water partition coefficient (Wildman–Crippen LogP) is 6.30. The van der Waals surface area contributed by atoms with Crippen LogP contribution < -0.4 is 16.0 Å². The van der Waals surface area contributed by atoms with Crippen LogP contribution in [0.5, 0.6) is 0 Å². The third-order valence-corrected chi connectivity index (χ3v) is 24.5. The average molecular weight is 1570 g/mol. The Morgan fingerprint density at radius 3 is 1.88 bits per heavy atom. The SMILES string of the molecule is CCC[C@H]1C(=O)N[C@@H](C2CCOCC2)C(=O)N(C)CC(=O)N(C)[C@H]2C/C=C\CCN(C2=O)[C@@H](CC2CCC(C(F)(F)F)CC2)C(=O)N(C)CC(=O)N[C@@H](CCC2CCC(C(F)(F)F)C(Cl)C2)C(=O)N2C[C@H](OCC)C[C@H]2C(=O)NC2(CC(C)(C)C2)C(=O)N(C)[C@@H]([C@@H](C)CC)C(=O)N(C)[C@H](C(=O)N(C)C)CC(=O)N1C. The number of hydrogen-bond donors (Lipinski definition) is 3. The van der Waals surface area contributed by atoms with Gasteiger partial charge in [0, 0.05) is 101 Å². The molecular formula is C76H119ClF6N12O14. The number of fused-ring (bicyclic) bond motifs is 3. The van der Waals surface area contributed by atoms with Gasteiger partial charge in [-0.05, 0) is 145 Å². The molecule has 26 nitrogen and oxygen atoms in total. The van der Waals surface area contributed by atoms with Gasteiger partial charge in [-0.3, -0.25) is 57.5 Å². The quantitative estimate of drug-likeness (QED) is 0.104. The van der Waals surface area contributed by atoms with Gasteiger partial charge in [0.15, 0.2) is 0 Å². The van der Waals surface area contributed by atoms with Crippen LogP contribution in [-0.2, 0) is 67.0 Å². The number of nitrogens with one attached hydrogen (secondary N) is 3. The van der Waals surface area contributed by atoms with Crippen molar-refractivity contribution in [2.24, 2.45) is 40.9 Å². The zero-order valence-corrected chi connectivity index (χ0v) is 66.8. The molecule has 3 aliphatic carbocycles. The van der Waals surface area contributed by atoms with E-state index in [4.69, 9.17) is 21.1 Å². The highest BCUT2D eigenvalue weighted by Gasteiger charge is 2.59. The molecule has 109 heavy (non-hydrogen) atoms. The van der Waals surface area contributed by atoms with Crippen molar-refractivity contribution in [1.82, 2.24) is 60.0 Å². The summed E-state index contributed by atoms with van der Waals surface area (Å²) >= 11 is 6.44. The number of likely N-dealkylation sites (N-methyl/N-ethyl adjacent to an activating group) is 7. The highest BCUT2D eigenvalue weighted by molar-refractivity contribution is 6.21. The summed E-state index contributed by atoms with van der Waals surface area (Å²) in [5.41, 5.74) is -2.30. The first-order chi connectivity index (χ1) is 51.0. The minimum Gasteiger partial charge on any atom is -0.381 e. The van der Waals surface area contributed by atoms with E-state index in [0.717, 1.165) is 24.5 Å². The lowest BCUT2D eigenvalue weighted by Crippen LogP contribution is -2.71. The second-order valence-electron chi connectivity index (χ2n) is 32.8. The lowest BCUT2D eigenvalue weighted by Gasteiger charge is -2.54. The number of hydrogen-bond acceptors (Lipinski definition) is 14. The van der Waals surface area contributed by atoms with Crippen LogP contribution in [0.1, 0.15) is 176 Å². The lowest BCUT2D eigenvalue weighted by molar-refractivity contribution is -0.184. The van der Waals surface area contributed by atoms with Crippen molar-refractivity contribution in [2.45, 2.75) is 254 Å². The number of carbonyl (C=O) groups excluding carboxylic acids is 12. The minimum atomic E-state index is -4.58. The third-order valence-electron chi connectivity index (χ3n) is 24.0. The first-order valence-corrected chi connectivity index (χ1v) is 39.4. The Balaban J connectivity index is 1.33. The number of rotatable bonds is 13. The van der Waals surface area contributed by atoms with Gasteiger partial charge in [0.2, 0.25) is 70.9 Å². The number of carbonyl (C=O) groups is 12. The van der Waals surface area contributed by atoms with Crippen molar-refractivity contribution in [3.63, 3.8) is 0 Å². The highest BCUT2D eigenvalue weighted by atomic mass is 35.5. The van der Waals surface area contributed by atoms with Gasteiger partial charge in [0.05, 0.1) is 37.5 Å². The zero-order valence-electron chi connectivity index (χ0n) is 66.1. The highest BCUT2D eigenvalue weighted by Crippen LogP contribution is 2.50. The molecule has 33 heteroatoms. The molecule has 616 valence electrons. The molecule has 3 N–H and O–H groups in total. The molecule has 1 spiro atoms. The van der Waals surface area contributed by atoms with E-state index in [1.165, 1.54) is 76.0 Å². The Morgan fingerprint density at radius 1 is 0.670 bits per heavy atom. The number of nitrogens with zero attached hydrogens (tertiary/aromatic N) is 9. The Bertz CT molecular complexity index is 3270. The van der Waals surface area contributed by atoms with E-state index in [-0.39, 0.29) is 136 Å². The molecule has 7 rings (SSSR count). The summed E-state index contributed by atoms with van der Waals surface area (Å²) in [6.45, 7) is 9.61. The fourth-order valence-corrected chi connectivity index (χ4v) is 18.1. The third kappa shape index (κ3) is 22.1. The van der Waals surface area contributed by atoms with Crippen LogP contribution in [0.2, 0.25) is 0 Å². The van der Waals surface area contributed by atoms with Crippen molar-refractivity contribution >= 4 is 82.5 Å². The van der Waals surface area contributed by atoms with Crippen LogP contribution in [0.3, 0.4) is 0 Å². The molecule has 12 amide bonds. The summed E-state index contributed by atoms with van der Waals surface area (Å²) in [4.78, 5) is 193. The van der Waals surface area contributed by atoms with Gasteiger partial charge in [0.1, 0.15) is 53.9 Å². The standard InChI is InChI=1S/C76H119ClF6N12O14/c1-15-21-54-64(99)85-62(48-31-34-108-35-32-48)70(105)89(10)42-61(98)91(12)55-22-19-18-20-33-94(69(55)104)58(37-47-23-27-49(28-24-47)75(78,79)80)68(103)88(9)41-59(96)84-53(30-26-46-25-29-51(52(77)36-46)76(81,82)83)66(101)95-40-50(109-17-3)38-56(95)65(100)86-74(43-73(5,6)44-74)72(107)93(14)63(45(4)16-2)71(106)92(13)57(67(102)87(7)8)39-60(97)90(54)11/h18-19,45-58,62-63H,15-17,20-44H2,1-14H3,(H,84,96)(H,85,99)(H,86,100)/b19-18-/t45-,46?,47?,49?,50+,51?,52?,53-,54-,55-,56-,57-,58-,62-,63-/m0/s1. The normalized spacial score (nSPS) is 31.7. The van der Waals surface area contributed by atoms with Crippen LogP contribution >= 0.6 is 11.6 Å². The van der Waals surface area contributed by atoms with Crippen LogP contribution in [0.4, 0.5) is 26.3 Å². The minimum absolute atomic E-state index is 0.0287. The number of alkyl halides is 7. The Labute approximate surface area is 642 Å². The monoisotopic (exact) mass is 1570 g/mol. The smallest absolute Gasteiger partial charge is 0.381 e. The zero-order chi connectivity index (χ0) is 81.1. The maximum absolute atomic E-state index is 15.7. The first-order valence-electron chi connectivity index (χ1n) is 38.9. The van der Waals surface area contributed by atoms with Gasteiger partial charge in [-0.25, -0.2) is 0 Å². The first kappa shape index (κ1) is 89.4. The van der Waals surface area contributed by atoms with Crippen LogP contribution in [-0.4, -0.2) is 295 Å². The molecule has 4 heterocycles. The summed E-state index contributed by atoms with van der Waals surface area (Å²) < 4.78 is 96.7. The largest absolute Gasteiger partial charge is 0.393 e. The van der Waals surface area contributed by atoms with Crippen molar-refractivity contribution in [3.05, 3.63) is 12.2 Å². The lowest BCUT2D eigenvalue weighted by atomic mass is 9.58. The number of halogens is 7. The predicted molar refractivity (Wildman–Crippen MR) is 392 cm³/mol. The van der Waals surface area contributed by atoms with E-state index in [2.05, 4.69) is 16.0 Å². The molecule has 13 atom stereocenters. The van der Waals surface area contributed by atoms with Gasteiger partial charge in [-0.1, -0.05) is 59.6 Å². The van der Waals surface area contributed by atoms with E-state index in [1.54, 1.807) is 39.8 Å². The Kier molecular flexibility index (Phi) is 31.3. The molecule has 0 aromatic carbocycles. The number of ether oxygens (including phenoxy) is 2. The molecule has 4 aliphatic heterocycles. The molecular weight excluding hydrogens is 1450 g/mol. The molecule has 0 aromatic rings. The topological polar surface area (TPSA) is 289 Å². The molecule has 3 saturated carbocycles. The van der Waals surface area contributed by atoms with E-state index in [1.807, 2.05) is 13.8 Å². The fourth-order valence-electron chi connectivity index (χ4n) is 17.6. The van der Waals surface area contributed by atoms with E-state index < -0.39 is 209 Å². The van der Waals surface area contributed by atoms with Gasteiger partial charge < -0.3 is 69.5 Å². The molecule has 2 bridgehead atoms. The molecule has 7 aliphatic rings. The second kappa shape index (κ2) is 38.1. The van der Waals surface area contributed by atoms with Gasteiger partial charge in [-0.15, -0.1) is 11.6 Å². The molecule has 6 fully saturated rings. The average Bonchev–Trinajstić information content (AvgIpc) is 1.37. The summed E-state index contributed by atoms with van der Waals surface area (Å²) in [6, 6.07) is -11.1. The molecule has 3 saturated heterocycles. The van der Waals surface area contributed by atoms with Crippen molar-refractivity contribution < 1.29 is 93.4 Å². The van der Waals surface area contributed by atoms with Crippen molar-refractivity contribution in [2.75, 3.05) is 102 Å². The summed E-state index contributed by atoms with van der Waals surface area (Å²) in [6.07, 6.45) is -6.72. The molecule has 3 unspecified atom stereocenters. The Hall–Kier alpha value is -6.83. The molecule has 0 radical (unpaired) electrons. The van der Waals surface area contributed by atoms with Gasteiger partial charge in [-0.2, -0.15) is 26.3 Å². The van der Waals surface area contributed by atoms with E-state index >= 15 is 33.6 Å². The number of amides is 12. The van der Waals surface area contributed by atoms with E-state index in [0.29, 0.717) is 25.7 Å². The summed E-state index contributed by atoms with van der Waals surface area (Å²) in [5.74, 6) is -14.6. The summed E-state index contributed by atoms with van der Waals surface area (Å²) in [7, 11) is 11.0. The maximum atomic E-state index is 15.7. The van der Waals surface area contributed by atoms with Gasteiger partial charge in [0.25, 0.3) is 0 Å².